The molecule has 5 nitrogen and oxygen atoms in total. The number of hydrogen-bond donors (Lipinski definition) is 2. The summed E-state index contributed by atoms with van der Waals surface area (Å²) >= 11 is 0. The SMILES string of the molecule is C[C@@]12C[C@H](c3ccc(-c4cncnc4)cc3)C3=C4CCC(=O)C=C4CC[C@H]3[C@@H]1CC[C@]2(O)CCCO. The molecule has 0 saturated heterocycles. The summed E-state index contributed by atoms with van der Waals surface area (Å²) < 4.78 is 0. The molecule has 2 N–H and O–H groups in total. The highest BCUT2D eigenvalue weighted by Crippen LogP contribution is 2.67. The Bertz CT molecular complexity index is 1220. The molecule has 4 aliphatic carbocycles. The average Bonchev–Trinajstić information content (AvgIpc) is 3.17. The van der Waals surface area contributed by atoms with Crippen molar-refractivity contribution in [3.63, 3.8) is 0 Å². The van der Waals surface area contributed by atoms with Gasteiger partial charge in [0.15, 0.2) is 5.78 Å². The molecule has 6 rings (SSSR count). The first-order valence-electron chi connectivity index (χ1n) is 13.6. The van der Waals surface area contributed by atoms with Crippen molar-refractivity contribution in [2.24, 2.45) is 17.3 Å². The Kier molecular flexibility index (Phi) is 5.96. The maximum absolute atomic E-state index is 12.3. The molecule has 0 radical (unpaired) electrons. The fourth-order valence-electron chi connectivity index (χ4n) is 8.19. The van der Waals surface area contributed by atoms with E-state index in [-0.39, 0.29) is 23.7 Å². The Balaban J connectivity index is 1.45. The van der Waals surface area contributed by atoms with E-state index in [0.29, 0.717) is 31.1 Å². The number of ketones is 1. The highest BCUT2D eigenvalue weighted by atomic mass is 16.3. The summed E-state index contributed by atoms with van der Waals surface area (Å²) in [5, 5.41) is 21.5. The molecule has 36 heavy (non-hydrogen) atoms. The molecule has 0 unspecified atom stereocenters. The van der Waals surface area contributed by atoms with Gasteiger partial charge in [-0.25, -0.2) is 9.97 Å². The number of carbonyl (C=O) groups is 1. The Morgan fingerprint density at radius 3 is 2.56 bits per heavy atom. The number of nitrogens with zero attached hydrogens (tertiary/aromatic N) is 2. The number of carbonyl (C=O) groups excluding carboxylic acids is 1. The van der Waals surface area contributed by atoms with Crippen molar-refractivity contribution < 1.29 is 15.0 Å². The molecule has 1 aromatic carbocycles. The molecule has 2 aromatic rings. The van der Waals surface area contributed by atoms with Crippen LogP contribution in [0.25, 0.3) is 11.1 Å². The summed E-state index contributed by atoms with van der Waals surface area (Å²) in [6.07, 6.45) is 14.7. The molecule has 4 aliphatic rings. The molecule has 0 spiro atoms. The predicted octanol–water partition coefficient (Wildman–Crippen LogP) is 5.55. The van der Waals surface area contributed by atoms with Crippen molar-refractivity contribution in [1.82, 2.24) is 9.97 Å². The molecular weight excluding hydrogens is 448 g/mol. The minimum absolute atomic E-state index is 0.123. The van der Waals surface area contributed by atoms with E-state index >= 15 is 0 Å². The number of aliphatic hydroxyl groups is 2. The Morgan fingerprint density at radius 1 is 1.03 bits per heavy atom. The minimum Gasteiger partial charge on any atom is -0.396 e. The van der Waals surface area contributed by atoms with Gasteiger partial charge in [0.25, 0.3) is 0 Å². The van der Waals surface area contributed by atoms with E-state index in [2.05, 4.69) is 41.2 Å². The maximum atomic E-state index is 12.3. The topological polar surface area (TPSA) is 83.3 Å². The van der Waals surface area contributed by atoms with Gasteiger partial charge in [0.05, 0.1) is 5.60 Å². The fraction of sp³-hybridized carbons (Fsp3) is 0.516. The van der Waals surface area contributed by atoms with E-state index in [1.165, 1.54) is 16.7 Å². The Morgan fingerprint density at radius 2 is 1.81 bits per heavy atom. The van der Waals surface area contributed by atoms with Crippen LogP contribution in [0.1, 0.15) is 76.2 Å². The van der Waals surface area contributed by atoms with Crippen LogP contribution in [0.4, 0.5) is 0 Å². The summed E-state index contributed by atoms with van der Waals surface area (Å²) in [6.45, 7) is 2.44. The maximum Gasteiger partial charge on any atom is 0.156 e. The van der Waals surface area contributed by atoms with E-state index in [9.17, 15) is 15.0 Å². The van der Waals surface area contributed by atoms with Gasteiger partial charge in [0.2, 0.25) is 0 Å². The number of hydrogen-bond acceptors (Lipinski definition) is 5. The third-order valence-electron chi connectivity index (χ3n) is 10.0. The van der Waals surface area contributed by atoms with E-state index in [4.69, 9.17) is 0 Å². The summed E-state index contributed by atoms with van der Waals surface area (Å²) in [6, 6.07) is 8.82. The molecule has 1 heterocycles. The van der Waals surface area contributed by atoms with Gasteiger partial charge in [-0.15, -0.1) is 0 Å². The summed E-state index contributed by atoms with van der Waals surface area (Å²) in [4.78, 5) is 20.6. The van der Waals surface area contributed by atoms with Crippen LogP contribution in [-0.2, 0) is 4.79 Å². The van der Waals surface area contributed by atoms with Crippen LogP contribution in [0.2, 0.25) is 0 Å². The van der Waals surface area contributed by atoms with E-state index in [1.54, 1.807) is 11.9 Å². The smallest absolute Gasteiger partial charge is 0.156 e. The highest BCUT2D eigenvalue weighted by Gasteiger charge is 2.62. The standard InChI is InChI=1S/C31H36N2O3/c1-30-16-27(21-5-3-20(4-6-21)23-17-32-19-33-18-23)29-25-10-8-24(35)15-22(25)7-9-26(29)28(30)11-13-31(30,36)12-2-14-34/h3-6,15,17-19,26-28,34,36H,2,7-14,16H2,1H3/t26-,27+,28-,30+,31+/m0/s1. The lowest BCUT2D eigenvalue weighted by molar-refractivity contribution is -0.114. The largest absolute Gasteiger partial charge is 0.396 e. The molecule has 5 atom stereocenters. The molecule has 0 aliphatic heterocycles. The third-order valence-corrected chi connectivity index (χ3v) is 10.0. The second-order valence-corrected chi connectivity index (χ2v) is 11.6. The van der Waals surface area contributed by atoms with Gasteiger partial charge in [-0.1, -0.05) is 36.8 Å². The van der Waals surface area contributed by atoms with Crippen molar-refractivity contribution in [3.05, 3.63) is 71.3 Å². The molecule has 2 fully saturated rings. The molecule has 0 bridgehead atoms. The number of aliphatic hydroxyl groups excluding tert-OH is 1. The fourth-order valence-corrected chi connectivity index (χ4v) is 8.19. The van der Waals surface area contributed by atoms with Crippen molar-refractivity contribution >= 4 is 5.78 Å². The quantitative estimate of drug-likeness (QED) is 0.582. The second-order valence-electron chi connectivity index (χ2n) is 11.6. The Hall–Kier alpha value is -2.63. The van der Waals surface area contributed by atoms with Gasteiger partial charge >= 0.3 is 0 Å². The van der Waals surface area contributed by atoms with Crippen LogP contribution >= 0.6 is 0 Å². The van der Waals surface area contributed by atoms with Crippen molar-refractivity contribution in [1.29, 1.82) is 0 Å². The summed E-state index contributed by atoms with van der Waals surface area (Å²) in [5.41, 5.74) is 6.70. The first kappa shape index (κ1) is 23.7. The van der Waals surface area contributed by atoms with Crippen LogP contribution in [0, 0.1) is 17.3 Å². The van der Waals surface area contributed by atoms with Crippen LogP contribution in [0.15, 0.2) is 65.8 Å². The van der Waals surface area contributed by atoms with E-state index in [1.807, 2.05) is 18.5 Å². The highest BCUT2D eigenvalue weighted by molar-refractivity contribution is 5.93. The lowest BCUT2D eigenvalue weighted by Gasteiger charge is -2.55. The number of fused-ring (bicyclic) bond motifs is 4. The van der Waals surface area contributed by atoms with Gasteiger partial charge in [0.1, 0.15) is 6.33 Å². The average molecular weight is 485 g/mol. The monoisotopic (exact) mass is 484 g/mol. The van der Waals surface area contributed by atoms with Gasteiger partial charge < -0.3 is 10.2 Å². The van der Waals surface area contributed by atoms with E-state index in [0.717, 1.165) is 49.7 Å². The van der Waals surface area contributed by atoms with Gasteiger partial charge in [-0.05, 0) is 91.6 Å². The molecule has 1 aromatic heterocycles. The minimum atomic E-state index is -0.741. The van der Waals surface area contributed by atoms with Crippen LogP contribution in [-0.4, -0.2) is 38.2 Å². The number of benzene rings is 1. The lowest BCUT2D eigenvalue weighted by atomic mass is 9.51. The van der Waals surface area contributed by atoms with Crippen molar-refractivity contribution in [2.45, 2.75) is 76.2 Å². The summed E-state index contributed by atoms with van der Waals surface area (Å²) in [5.74, 6) is 1.38. The molecule has 5 heteroatoms. The van der Waals surface area contributed by atoms with Gasteiger partial charge in [0, 0.05) is 42.3 Å². The zero-order valence-corrected chi connectivity index (χ0v) is 21.1. The predicted molar refractivity (Wildman–Crippen MR) is 139 cm³/mol. The zero-order chi connectivity index (χ0) is 24.9. The molecule has 188 valence electrons. The van der Waals surface area contributed by atoms with Crippen LogP contribution in [0.5, 0.6) is 0 Å². The Labute approximate surface area is 213 Å². The molecular formula is C31H36N2O3. The normalized spacial score (nSPS) is 33.6. The zero-order valence-electron chi connectivity index (χ0n) is 21.1. The molecule has 2 saturated carbocycles. The second kappa shape index (κ2) is 9.04. The first-order chi connectivity index (χ1) is 17.4. The number of allylic oxidation sites excluding steroid dienone is 4. The van der Waals surface area contributed by atoms with Crippen LogP contribution in [0.3, 0.4) is 0 Å². The number of aromatic nitrogens is 2. The first-order valence-corrected chi connectivity index (χ1v) is 13.6. The van der Waals surface area contributed by atoms with E-state index < -0.39 is 5.60 Å². The molecule has 0 amide bonds. The van der Waals surface area contributed by atoms with Gasteiger partial charge in [-0.3, -0.25) is 4.79 Å². The van der Waals surface area contributed by atoms with Gasteiger partial charge in [-0.2, -0.15) is 0 Å². The van der Waals surface area contributed by atoms with Crippen molar-refractivity contribution in [2.75, 3.05) is 6.61 Å². The van der Waals surface area contributed by atoms with Crippen molar-refractivity contribution in [3.8, 4) is 11.1 Å². The third kappa shape index (κ3) is 3.71. The summed E-state index contributed by atoms with van der Waals surface area (Å²) in [7, 11) is 0. The van der Waals surface area contributed by atoms with Crippen LogP contribution < -0.4 is 0 Å². The number of rotatable bonds is 5. The lowest BCUT2D eigenvalue weighted by Crippen LogP contribution is -2.51.